The molecule has 1 aliphatic carbocycles. The van der Waals surface area contributed by atoms with Crippen LogP contribution in [0, 0.1) is 17.4 Å². The number of nitriles is 1. The molecule has 1 atom stereocenters. The molecule has 0 aromatic carbocycles. The van der Waals surface area contributed by atoms with Crippen molar-refractivity contribution >= 4 is 0 Å². The molecule has 2 nitrogen and oxygen atoms in total. The molecule has 0 heterocycles. The number of rotatable bonds is 4. The summed E-state index contributed by atoms with van der Waals surface area (Å²) in [6.45, 7) is 12.7. The van der Waals surface area contributed by atoms with Gasteiger partial charge in [-0.15, -0.1) is 5.26 Å². The number of nitrogens with zero attached hydrogens (tertiary/aromatic N) is 1. The molecule has 108 valence electrons. The molecule has 0 aliphatic heterocycles. The van der Waals surface area contributed by atoms with Crippen molar-refractivity contribution in [2.24, 2.45) is 5.92 Å². The Bertz CT molecular complexity index is 371. The molecule has 0 bridgehead atoms. The van der Waals surface area contributed by atoms with E-state index in [1.165, 1.54) is 29.6 Å². The fraction of sp³-hybridized carbons (Fsp3) is 0.706. The summed E-state index contributed by atoms with van der Waals surface area (Å²) in [5.74, 6) is 1.43. The molecule has 0 spiro atoms. The first-order valence-electron chi connectivity index (χ1n) is 7.63. The van der Waals surface area contributed by atoms with Crippen LogP contribution in [0.25, 0.3) is 0 Å². The van der Waals surface area contributed by atoms with Gasteiger partial charge in [-0.1, -0.05) is 40.2 Å². The largest absolute Gasteiger partial charge is 0.388 e. The first kappa shape index (κ1) is 17.8. The van der Waals surface area contributed by atoms with E-state index < -0.39 is 0 Å². The van der Waals surface area contributed by atoms with E-state index >= 15 is 0 Å². The minimum Gasteiger partial charge on any atom is -0.388 e. The lowest BCUT2D eigenvalue weighted by atomic mass is 9.95. The van der Waals surface area contributed by atoms with Crippen LogP contribution >= 0.6 is 0 Å². The van der Waals surface area contributed by atoms with E-state index in [2.05, 4.69) is 27.7 Å². The number of allylic oxidation sites excluding steroid dienone is 3. The SMILES string of the molecule is CC.CC/C(C)=C(CC)/C(OC#N)=C1/CCCC1C. The highest BCUT2D eigenvalue weighted by Crippen LogP contribution is 2.37. The lowest BCUT2D eigenvalue weighted by molar-refractivity contribution is 0.369. The van der Waals surface area contributed by atoms with Crippen molar-refractivity contribution in [2.45, 2.75) is 73.6 Å². The van der Waals surface area contributed by atoms with E-state index in [0.717, 1.165) is 25.0 Å². The minimum absolute atomic E-state index is 0.560. The Morgan fingerprint density at radius 3 is 2.32 bits per heavy atom. The highest BCUT2D eigenvalue weighted by Gasteiger charge is 2.24. The van der Waals surface area contributed by atoms with Crippen LogP contribution in [0.4, 0.5) is 0 Å². The fourth-order valence-electron chi connectivity index (χ4n) is 2.59. The smallest absolute Gasteiger partial charge is 0.292 e. The Hall–Kier alpha value is -1.23. The van der Waals surface area contributed by atoms with Crippen LogP contribution in [-0.2, 0) is 4.74 Å². The summed E-state index contributed by atoms with van der Waals surface area (Å²) in [6.07, 6.45) is 7.34. The third-order valence-electron chi connectivity index (χ3n) is 3.79. The van der Waals surface area contributed by atoms with Gasteiger partial charge in [-0.3, -0.25) is 0 Å². The van der Waals surface area contributed by atoms with Crippen molar-refractivity contribution in [2.75, 3.05) is 0 Å². The van der Waals surface area contributed by atoms with Gasteiger partial charge in [0.15, 0.2) is 0 Å². The van der Waals surface area contributed by atoms with Crippen LogP contribution in [-0.4, -0.2) is 0 Å². The van der Waals surface area contributed by atoms with Crippen molar-refractivity contribution in [3.8, 4) is 6.26 Å². The molecule has 0 saturated heterocycles. The van der Waals surface area contributed by atoms with Crippen molar-refractivity contribution in [1.82, 2.24) is 0 Å². The van der Waals surface area contributed by atoms with Gasteiger partial charge in [0.05, 0.1) is 0 Å². The van der Waals surface area contributed by atoms with Gasteiger partial charge in [0, 0.05) is 0 Å². The lowest BCUT2D eigenvalue weighted by Gasteiger charge is -2.16. The average Bonchev–Trinajstić information content (AvgIpc) is 2.86. The van der Waals surface area contributed by atoms with Crippen LogP contribution in [0.1, 0.15) is 73.6 Å². The zero-order chi connectivity index (χ0) is 14.8. The second-order valence-electron chi connectivity index (χ2n) is 4.81. The predicted molar refractivity (Wildman–Crippen MR) is 81.4 cm³/mol. The molecule has 19 heavy (non-hydrogen) atoms. The molecule has 0 aromatic rings. The molecule has 0 N–H and O–H groups in total. The van der Waals surface area contributed by atoms with E-state index in [1.807, 2.05) is 20.1 Å². The van der Waals surface area contributed by atoms with Crippen LogP contribution in [0.5, 0.6) is 0 Å². The summed E-state index contributed by atoms with van der Waals surface area (Å²) in [5, 5.41) is 8.85. The molecule has 1 unspecified atom stereocenters. The average molecular weight is 263 g/mol. The maximum Gasteiger partial charge on any atom is 0.292 e. The van der Waals surface area contributed by atoms with Gasteiger partial charge < -0.3 is 4.74 Å². The van der Waals surface area contributed by atoms with Gasteiger partial charge in [0.1, 0.15) is 5.76 Å². The van der Waals surface area contributed by atoms with Crippen molar-refractivity contribution in [1.29, 1.82) is 5.26 Å². The molecule has 1 rings (SSSR count). The molecular weight excluding hydrogens is 234 g/mol. The van der Waals surface area contributed by atoms with Crippen LogP contribution in [0.2, 0.25) is 0 Å². The van der Waals surface area contributed by atoms with E-state index in [4.69, 9.17) is 10.00 Å². The molecule has 2 heteroatoms. The molecule has 0 radical (unpaired) electrons. The predicted octanol–water partition coefficient (Wildman–Crippen LogP) is 5.72. The Balaban J connectivity index is 0.00000154. The Morgan fingerprint density at radius 1 is 1.32 bits per heavy atom. The number of hydrogen-bond donors (Lipinski definition) is 0. The fourth-order valence-corrected chi connectivity index (χ4v) is 2.59. The summed E-state index contributed by atoms with van der Waals surface area (Å²) in [7, 11) is 0. The number of hydrogen-bond acceptors (Lipinski definition) is 2. The minimum atomic E-state index is 0.560. The lowest BCUT2D eigenvalue weighted by Crippen LogP contribution is -2.03. The second kappa shape index (κ2) is 9.67. The maximum atomic E-state index is 8.85. The van der Waals surface area contributed by atoms with Crippen molar-refractivity contribution in [3.05, 3.63) is 22.5 Å². The van der Waals surface area contributed by atoms with E-state index in [0.29, 0.717) is 5.92 Å². The zero-order valence-electron chi connectivity index (χ0n) is 13.5. The van der Waals surface area contributed by atoms with Crippen LogP contribution in [0.15, 0.2) is 22.5 Å². The van der Waals surface area contributed by atoms with E-state index in [1.54, 1.807) is 0 Å². The van der Waals surface area contributed by atoms with Gasteiger partial charge in [0.25, 0.3) is 6.26 Å². The summed E-state index contributed by atoms with van der Waals surface area (Å²) in [4.78, 5) is 0. The van der Waals surface area contributed by atoms with Crippen LogP contribution < -0.4 is 0 Å². The first-order chi connectivity index (χ1) is 9.15. The second-order valence-corrected chi connectivity index (χ2v) is 4.81. The highest BCUT2D eigenvalue weighted by molar-refractivity contribution is 5.36. The molecule has 0 amide bonds. The molecule has 1 aliphatic rings. The first-order valence-corrected chi connectivity index (χ1v) is 7.63. The molecular formula is C17H29NO. The van der Waals surface area contributed by atoms with Gasteiger partial charge in [0.2, 0.25) is 0 Å². The quantitative estimate of drug-likeness (QED) is 0.480. The van der Waals surface area contributed by atoms with E-state index in [9.17, 15) is 0 Å². The monoisotopic (exact) mass is 263 g/mol. The Morgan fingerprint density at radius 2 is 1.95 bits per heavy atom. The number of ether oxygens (including phenoxy) is 1. The van der Waals surface area contributed by atoms with Crippen molar-refractivity contribution < 1.29 is 4.74 Å². The third kappa shape index (κ3) is 4.74. The van der Waals surface area contributed by atoms with Gasteiger partial charge in [-0.05, 0) is 56.1 Å². The molecule has 1 saturated carbocycles. The Labute approximate surface area is 119 Å². The topological polar surface area (TPSA) is 33.0 Å². The summed E-state index contributed by atoms with van der Waals surface area (Å²) in [5.41, 5.74) is 3.92. The van der Waals surface area contributed by atoms with Gasteiger partial charge in [-0.25, -0.2) is 0 Å². The summed E-state index contributed by atoms with van der Waals surface area (Å²) in [6, 6.07) is 0. The summed E-state index contributed by atoms with van der Waals surface area (Å²) < 4.78 is 5.30. The van der Waals surface area contributed by atoms with Crippen LogP contribution in [0.3, 0.4) is 0 Å². The van der Waals surface area contributed by atoms with Gasteiger partial charge in [-0.2, -0.15) is 0 Å². The van der Waals surface area contributed by atoms with Gasteiger partial charge >= 0.3 is 0 Å². The maximum absolute atomic E-state index is 8.85. The molecule has 0 aromatic heterocycles. The van der Waals surface area contributed by atoms with Crippen molar-refractivity contribution in [3.63, 3.8) is 0 Å². The van der Waals surface area contributed by atoms with E-state index in [-0.39, 0.29) is 0 Å². The molecule has 1 fully saturated rings. The highest BCUT2D eigenvalue weighted by atomic mass is 16.5. The standard InChI is InChI=1S/C15H23NO.C2H6/c1-5-11(3)13(6-2)15(17-10-16)14-9-7-8-12(14)4;1-2/h12H,5-9H2,1-4H3;1-2H3/b13-11+,15-14+;. The summed E-state index contributed by atoms with van der Waals surface area (Å²) >= 11 is 0. The zero-order valence-corrected chi connectivity index (χ0v) is 13.5. The third-order valence-corrected chi connectivity index (χ3v) is 3.79. The normalized spacial score (nSPS) is 21.8. The Kier molecular flexibility index (Phi) is 9.04.